The number of aldehydes is 1. The number of hydrogen-bond donors (Lipinski definition) is 2. The van der Waals surface area contributed by atoms with Gasteiger partial charge in [0.25, 0.3) is 0 Å². The molecule has 2 bridgehead atoms. The Bertz CT molecular complexity index is 136. The van der Waals surface area contributed by atoms with E-state index in [4.69, 9.17) is 0 Å². The fourth-order valence-corrected chi connectivity index (χ4v) is 1.74. The van der Waals surface area contributed by atoms with Gasteiger partial charge >= 0.3 is 0 Å². The summed E-state index contributed by atoms with van der Waals surface area (Å²) in [5, 5.41) is 6.57. The van der Waals surface area contributed by atoms with E-state index in [0.717, 1.165) is 32.2 Å². The van der Waals surface area contributed by atoms with Gasteiger partial charge < -0.3 is 15.4 Å². The highest BCUT2D eigenvalue weighted by Gasteiger charge is 2.39. The Morgan fingerprint density at radius 2 is 2.50 bits per heavy atom. The molecule has 2 unspecified atom stereocenters. The Kier molecular flexibility index (Phi) is 1.28. The molecule has 2 atom stereocenters. The Morgan fingerprint density at radius 1 is 1.60 bits per heavy atom. The first-order valence-corrected chi connectivity index (χ1v) is 3.79. The Labute approximate surface area is 60.2 Å². The molecule has 10 heavy (non-hydrogen) atoms. The monoisotopic (exact) mass is 140 g/mol. The smallest absolute Gasteiger partial charge is 0.141 e. The van der Waals surface area contributed by atoms with E-state index in [9.17, 15) is 4.79 Å². The lowest BCUT2D eigenvalue weighted by atomic mass is 9.84. The summed E-state index contributed by atoms with van der Waals surface area (Å²) in [6.07, 6.45) is 3.20. The van der Waals surface area contributed by atoms with Crippen molar-refractivity contribution >= 4 is 6.29 Å². The minimum absolute atomic E-state index is 0.214. The average molecular weight is 140 g/mol. The van der Waals surface area contributed by atoms with E-state index in [1.54, 1.807) is 0 Å². The van der Waals surface area contributed by atoms with Crippen molar-refractivity contribution in [2.45, 2.75) is 24.4 Å². The van der Waals surface area contributed by atoms with Crippen LogP contribution in [0.1, 0.15) is 12.8 Å². The quantitative estimate of drug-likeness (QED) is 0.472. The van der Waals surface area contributed by atoms with Gasteiger partial charge in [0.1, 0.15) is 6.29 Å². The van der Waals surface area contributed by atoms with Crippen LogP contribution in [0, 0.1) is 0 Å². The van der Waals surface area contributed by atoms with Crippen LogP contribution in [0.5, 0.6) is 0 Å². The van der Waals surface area contributed by atoms with Crippen molar-refractivity contribution in [2.24, 2.45) is 0 Å². The lowest BCUT2D eigenvalue weighted by Crippen LogP contribution is -2.68. The van der Waals surface area contributed by atoms with Crippen molar-refractivity contribution in [3.05, 3.63) is 0 Å². The number of nitrogens with one attached hydrogen (secondary N) is 2. The summed E-state index contributed by atoms with van der Waals surface area (Å²) in [7, 11) is 0. The Balaban J connectivity index is 2.15. The summed E-state index contributed by atoms with van der Waals surface area (Å²) in [5.41, 5.74) is -0.214. The van der Waals surface area contributed by atoms with Gasteiger partial charge in [0.05, 0.1) is 5.54 Å². The Morgan fingerprint density at radius 3 is 2.80 bits per heavy atom. The molecule has 0 aromatic rings. The third kappa shape index (κ3) is 0.777. The van der Waals surface area contributed by atoms with Crippen molar-refractivity contribution < 1.29 is 4.79 Å². The highest BCUT2D eigenvalue weighted by molar-refractivity contribution is 5.65. The molecule has 3 aliphatic rings. The van der Waals surface area contributed by atoms with Gasteiger partial charge in [0.15, 0.2) is 0 Å². The summed E-state index contributed by atoms with van der Waals surface area (Å²) in [6.45, 7) is 1.78. The zero-order valence-electron chi connectivity index (χ0n) is 5.89. The maximum atomic E-state index is 10.6. The lowest BCUT2D eigenvalue weighted by Gasteiger charge is -2.44. The van der Waals surface area contributed by atoms with E-state index in [1.807, 2.05) is 0 Å². The first-order chi connectivity index (χ1) is 4.85. The molecule has 2 N–H and O–H groups in total. The van der Waals surface area contributed by atoms with E-state index in [2.05, 4.69) is 10.6 Å². The molecule has 0 aliphatic carbocycles. The van der Waals surface area contributed by atoms with E-state index >= 15 is 0 Å². The number of carbonyl (C=O) groups is 1. The molecule has 3 saturated heterocycles. The second-order valence-electron chi connectivity index (χ2n) is 3.27. The predicted octanol–water partition coefficient (Wildman–Crippen LogP) is -0.721. The van der Waals surface area contributed by atoms with Gasteiger partial charge in [-0.1, -0.05) is 0 Å². The van der Waals surface area contributed by atoms with E-state index in [1.165, 1.54) is 0 Å². The molecule has 0 amide bonds. The molecule has 3 nitrogen and oxygen atoms in total. The van der Waals surface area contributed by atoms with Crippen molar-refractivity contribution in [1.29, 1.82) is 0 Å². The third-order valence-corrected chi connectivity index (χ3v) is 2.57. The predicted molar refractivity (Wildman–Crippen MR) is 37.8 cm³/mol. The molecule has 3 fully saturated rings. The standard InChI is InChI=1S/C7H12N2O/c10-5-7-2-1-6(3-9-7)8-4-7/h5-6,8-9H,1-4H2. The molecule has 0 aromatic heterocycles. The molecular weight excluding hydrogens is 128 g/mol. The number of carbonyl (C=O) groups excluding carboxylic acids is 1. The normalized spacial score (nSPS) is 45.4. The molecule has 3 heterocycles. The van der Waals surface area contributed by atoms with Crippen LogP contribution in [-0.4, -0.2) is 31.0 Å². The summed E-state index contributed by atoms with van der Waals surface area (Å²) in [5.74, 6) is 0. The van der Waals surface area contributed by atoms with Gasteiger partial charge in [-0.15, -0.1) is 0 Å². The minimum Gasteiger partial charge on any atom is -0.310 e. The maximum absolute atomic E-state index is 10.6. The van der Waals surface area contributed by atoms with Crippen molar-refractivity contribution in [3.8, 4) is 0 Å². The average Bonchev–Trinajstić information content (AvgIpc) is 2.08. The van der Waals surface area contributed by atoms with Gasteiger partial charge in [-0.3, -0.25) is 0 Å². The number of rotatable bonds is 1. The fraction of sp³-hybridized carbons (Fsp3) is 0.857. The zero-order valence-corrected chi connectivity index (χ0v) is 5.89. The van der Waals surface area contributed by atoms with Gasteiger partial charge in [-0.25, -0.2) is 0 Å². The summed E-state index contributed by atoms with van der Waals surface area (Å²) < 4.78 is 0. The van der Waals surface area contributed by atoms with Gasteiger partial charge in [-0.05, 0) is 12.8 Å². The number of piperazine rings is 1. The lowest BCUT2D eigenvalue weighted by molar-refractivity contribution is -0.115. The second-order valence-corrected chi connectivity index (χ2v) is 3.27. The van der Waals surface area contributed by atoms with E-state index < -0.39 is 0 Å². The molecule has 56 valence electrons. The molecule has 3 rings (SSSR count). The van der Waals surface area contributed by atoms with Gasteiger partial charge in [-0.2, -0.15) is 0 Å². The van der Waals surface area contributed by atoms with Crippen LogP contribution in [0.4, 0.5) is 0 Å². The Hall–Kier alpha value is -0.410. The summed E-state index contributed by atoms with van der Waals surface area (Å²) >= 11 is 0. The fourth-order valence-electron chi connectivity index (χ4n) is 1.74. The highest BCUT2D eigenvalue weighted by Crippen LogP contribution is 2.21. The van der Waals surface area contributed by atoms with Crippen molar-refractivity contribution in [3.63, 3.8) is 0 Å². The van der Waals surface area contributed by atoms with Gasteiger partial charge in [0.2, 0.25) is 0 Å². The second kappa shape index (κ2) is 2.04. The van der Waals surface area contributed by atoms with Crippen LogP contribution < -0.4 is 10.6 Å². The molecule has 0 saturated carbocycles. The SMILES string of the molecule is O=CC12CCC(CN1)NC2. The van der Waals surface area contributed by atoms with E-state index in [-0.39, 0.29) is 5.54 Å². The van der Waals surface area contributed by atoms with Crippen molar-refractivity contribution in [2.75, 3.05) is 13.1 Å². The molecule has 3 heteroatoms. The minimum atomic E-state index is -0.214. The molecule has 0 aromatic carbocycles. The first kappa shape index (κ1) is 6.31. The van der Waals surface area contributed by atoms with Gasteiger partial charge in [0, 0.05) is 19.1 Å². The molecule has 0 spiro atoms. The first-order valence-electron chi connectivity index (χ1n) is 3.79. The van der Waals surface area contributed by atoms with Crippen LogP contribution >= 0.6 is 0 Å². The summed E-state index contributed by atoms with van der Waals surface area (Å²) in [6, 6.07) is 0.613. The summed E-state index contributed by atoms with van der Waals surface area (Å²) in [4.78, 5) is 10.6. The van der Waals surface area contributed by atoms with Crippen molar-refractivity contribution in [1.82, 2.24) is 10.6 Å². The molecule has 0 radical (unpaired) electrons. The van der Waals surface area contributed by atoms with E-state index in [0.29, 0.717) is 6.04 Å². The molecule has 3 aliphatic heterocycles. The number of piperidine rings is 2. The zero-order chi connectivity index (χ0) is 7.03. The van der Waals surface area contributed by atoms with Crippen LogP contribution in [0.15, 0.2) is 0 Å². The van der Waals surface area contributed by atoms with Crippen LogP contribution in [0.2, 0.25) is 0 Å². The van der Waals surface area contributed by atoms with Crippen LogP contribution in [-0.2, 0) is 4.79 Å². The molecular formula is C7H12N2O. The topological polar surface area (TPSA) is 41.1 Å². The largest absolute Gasteiger partial charge is 0.310 e. The number of hydrogen-bond acceptors (Lipinski definition) is 3. The van der Waals surface area contributed by atoms with Crippen LogP contribution in [0.25, 0.3) is 0 Å². The maximum Gasteiger partial charge on any atom is 0.141 e. The third-order valence-electron chi connectivity index (χ3n) is 2.57. The highest BCUT2D eigenvalue weighted by atomic mass is 16.1. The number of fused-ring (bicyclic) bond motifs is 3. The van der Waals surface area contributed by atoms with Crippen LogP contribution in [0.3, 0.4) is 0 Å².